The van der Waals surface area contributed by atoms with Gasteiger partial charge in [0.05, 0.1) is 6.42 Å². The lowest BCUT2D eigenvalue weighted by Gasteiger charge is -2.10. The fourth-order valence-corrected chi connectivity index (χ4v) is 1.71. The first-order chi connectivity index (χ1) is 8.02. The fourth-order valence-electron chi connectivity index (χ4n) is 1.71. The molecule has 0 saturated heterocycles. The Morgan fingerprint density at radius 1 is 0.941 bits per heavy atom. The summed E-state index contributed by atoms with van der Waals surface area (Å²) in [5, 5.41) is 17.8. The molecular formula is C13H22O4. The molecule has 0 bridgehead atoms. The Labute approximate surface area is 102 Å². The maximum absolute atomic E-state index is 11.1. The van der Waals surface area contributed by atoms with E-state index in [4.69, 9.17) is 10.2 Å². The van der Waals surface area contributed by atoms with Crippen LogP contribution in [0.2, 0.25) is 0 Å². The van der Waals surface area contributed by atoms with E-state index in [-0.39, 0.29) is 12.0 Å². The van der Waals surface area contributed by atoms with E-state index in [2.05, 4.69) is 0 Å². The van der Waals surface area contributed by atoms with Crippen LogP contribution in [0.25, 0.3) is 0 Å². The summed E-state index contributed by atoms with van der Waals surface area (Å²) in [4.78, 5) is 21.8. The molecule has 4 nitrogen and oxygen atoms in total. The predicted octanol–water partition coefficient (Wildman–Crippen LogP) is 3.22. The molecule has 0 heterocycles. The number of unbranched alkanes of at least 4 members (excludes halogenated alkanes) is 2. The zero-order valence-electron chi connectivity index (χ0n) is 10.7. The van der Waals surface area contributed by atoms with Crippen molar-refractivity contribution in [3.63, 3.8) is 0 Å². The highest BCUT2D eigenvalue weighted by Gasteiger charge is 2.17. The van der Waals surface area contributed by atoms with Crippen molar-refractivity contribution in [3.05, 3.63) is 11.1 Å². The second-order valence-electron chi connectivity index (χ2n) is 4.16. The molecule has 0 atom stereocenters. The molecule has 17 heavy (non-hydrogen) atoms. The molecule has 0 radical (unpaired) electrons. The van der Waals surface area contributed by atoms with Gasteiger partial charge in [-0.1, -0.05) is 32.3 Å². The Kier molecular flexibility index (Phi) is 8.11. The van der Waals surface area contributed by atoms with Crippen molar-refractivity contribution in [1.29, 1.82) is 0 Å². The maximum Gasteiger partial charge on any atom is 0.332 e. The SMILES string of the molecule is CCCCC(CCCC)=C(CC(=O)O)C(=O)O. The summed E-state index contributed by atoms with van der Waals surface area (Å²) in [6.07, 6.45) is 4.81. The van der Waals surface area contributed by atoms with Crippen LogP contribution in [0.15, 0.2) is 11.1 Å². The van der Waals surface area contributed by atoms with Gasteiger partial charge in [0.15, 0.2) is 0 Å². The topological polar surface area (TPSA) is 74.6 Å². The monoisotopic (exact) mass is 242 g/mol. The van der Waals surface area contributed by atoms with Crippen LogP contribution in [0.5, 0.6) is 0 Å². The molecule has 0 aliphatic heterocycles. The highest BCUT2D eigenvalue weighted by molar-refractivity contribution is 5.92. The van der Waals surface area contributed by atoms with Gasteiger partial charge in [-0.3, -0.25) is 4.79 Å². The molecule has 0 unspecified atom stereocenters. The zero-order valence-corrected chi connectivity index (χ0v) is 10.7. The van der Waals surface area contributed by atoms with Crippen LogP contribution < -0.4 is 0 Å². The average Bonchev–Trinajstić information content (AvgIpc) is 2.26. The van der Waals surface area contributed by atoms with Crippen molar-refractivity contribution in [1.82, 2.24) is 0 Å². The normalized spacial score (nSPS) is 10.0. The van der Waals surface area contributed by atoms with Crippen molar-refractivity contribution in [3.8, 4) is 0 Å². The van der Waals surface area contributed by atoms with Crippen LogP contribution >= 0.6 is 0 Å². The number of hydrogen-bond acceptors (Lipinski definition) is 2. The summed E-state index contributed by atoms with van der Waals surface area (Å²) < 4.78 is 0. The van der Waals surface area contributed by atoms with E-state index < -0.39 is 11.9 Å². The Bertz CT molecular complexity index is 282. The van der Waals surface area contributed by atoms with Gasteiger partial charge in [0.1, 0.15) is 0 Å². The number of aliphatic carboxylic acids is 2. The first-order valence-corrected chi connectivity index (χ1v) is 6.18. The molecule has 98 valence electrons. The third kappa shape index (κ3) is 6.76. The van der Waals surface area contributed by atoms with Gasteiger partial charge >= 0.3 is 11.9 Å². The molecule has 0 amide bonds. The highest BCUT2D eigenvalue weighted by Crippen LogP contribution is 2.21. The standard InChI is InChI=1S/C13H22O4/c1-3-5-7-10(8-6-4-2)11(13(16)17)9-12(14)15/h3-9H2,1-2H3,(H,14,15)(H,16,17). The molecule has 0 aromatic heterocycles. The second-order valence-corrected chi connectivity index (χ2v) is 4.16. The van der Waals surface area contributed by atoms with Gasteiger partial charge in [0.2, 0.25) is 0 Å². The van der Waals surface area contributed by atoms with E-state index in [1.165, 1.54) is 0 Å². The van der Waals surface area contributed by atoms with Crippen LogP contribution in [0, 0.1) is 0 Å². The minimum atomic E-state index is -1.09. The highest BCUT2D eigenvalue weighted by atomic mass is 16.4. The van der Waals surface area contributed by atoms with Gasteiger partial charge in [0, 0.05) is 5.57 Å². The molecule has 0 aliphatic carbocycles. The lowest BCUT2D eigenvalue weighted by molar-refractivity contribution is -0.139. The summed E-state index contributed by atoms with van der Waals surface area (Å²) in [6.45, 7) is 4.07. The lowest BCUT2D eigenvalue weighted by atomic mass is 9.95. The van der Waals surface area contributed by atoms with Crippen LogP contribution in [0.3, 0.4) is 0 Å². The third-order valence-corrected chi connectivity index (χ3v) is 2.68. The summed E-state index contributed by atoms with van der Waals surface area (Å²) >= 11 is 0. The van der Waals surface area contributed by atoms with Gasteiger partial charge in [-0.05, 0) is 25.7 Å². The molecule has 4 heteroatoms. The van der Waals surface area contributed by atoms with Gasteiger partial charge in [0.25, 0.3) is 0 Å². The number of carbonyl (C=O) groups is 2. The second kappa shape index (κ2) is 8.79. The molecule has 0 spiro atoms. The van der Waals surface area contributed by atoms with Crippen LogP contribution in [-0.4, -0.2) is 22.2 Å². The summed E-state index contributed by atoms with van der Waals surface area (Å²) in [6, 6.07) is 0. The van der Waals surface area contributed by atoms with Gasteiger partial charge in [-0.2, -0.15) is 0 Å². The first-order valence-electron chi connectivity index (χ1n) is 6.18. The van der Waals surface area contributed by atoms with Crippen molar-refractivity contribution >= 4 is 11.9 Å². The number of allylic oxidation sites excluding steroid dienone is 1. The number of rotatable bonds is 9. The number of carboxylic acid groups (broad SMARTS) is 2. The number of carboxylic acids is 2. The molecule has 0 aliphatic rings. The molecule has 0 fully saturated rings. The smallest absolute Gasteiger partial charge is 0.332 e. The zero-order chi connectivity index (χ0) is 13.3. The van der Waals surface area contributed by atoms with Crippen molar-refractivity contribution in [2.24, 2.45) is 0 Å². The molecule has 0 saturated carbocycles. The van der Waals surface area contributed by atoms with Crippen molar-refractivity contribution in [2.75, 3.05) is 0 Å². The third-order valence-electron chi connectivity index (χ3n) is 2.68. The van der Waals surface area contributed by atoms with Crippen LogP contribution in [-0.2, 0) is 9.59 Å². The molecule has 2 N–H and O–H groups in total. The average molecular weight is 242 g/mol. The summed E-state index contributed by atoms with van der Waals surface area (Å²) in [7, 11) is 0. The summed E-state index contributed by atoms with van der Waals surface area (Å²) in [5.41, 5.74) is 0.892. The van der Waals surface area contributed by atoms with E-state index in [0.29, 0.717) is 12.8 Å². The molecule has 0 aromatic carbocycles. The molecule has 0 rings (SSSR count). The van der Waals surface area contributed by atoms with Crippen molar-refractivity contribution in [2.45, 2.75) is 58.8 Å². The van der Waals surface area contributed by atoms with Gasteiger partial charge < -0.3 is 10.2 Å². The van der Waals surface area contributed by atoms with Gasteiger partial charge in [-0.15, -0.1) is 0 Å². The minimum Gasteiger partial charge on any atom is -0.481 e. The van der Waals surface area contributed by atoms with E-state index in [0.717, 1.165) is 31.3 Å². The van der Waals surface area contributed by atoms with E-state index in [1.54, 1.807) is 0 Å². The quantitative estimate of drug-likeness (QED) is 0.609. The summed E-state index contributed by atoms with van der Waals surface area (Å²) in [5.74, 6) is -2.16. The number of hydrogen-bond donors (Lipinski definition) is 2. The maximum atomic E-state index is 11.1. The van der Waals surface area contributed by atoms with Crippen LogP contribution in [0.4, 0.5) is 0 Å². The van der Waals surface area contributed by atoms with E-state index in [1.807, 2.05) is 13.8 Å². The Morgan fingerprint density at radius 3 is 1.71 bits per heavy atom. The minimum absolute atomic E-state index is 0.0828. The van der Waals surface area contributed by atoms with E-state index >= 15 is 0 Å². The Morgan fingerprint density at radius 2 is 1.41 bits per heavy atom. The predicted molar refractivity (Wildman–Crippen MR) is 66.0 cm³/mol. The van der Waals surface area contributed by atoms with Crippen LogP contribution in [0.1, 0.15) is 58.8 Å². The van der Waals surface area contributed by atoms with Crippen molar-refractivity contribution < 1.29 is 19.8 Å². The van der Waals surface area contributed by atoms with E-state index in [9.17, 15) is 9.59 Å². The Balaban J connectivity index is 4.92. The molecule has 0 aromatic rings. The fraction of sp³-hybridized carbons (Fsp3) is 0.692. The lowest BCUT2D eigenvalue weighted by Crippen LogP contribution is -2.10. The largest absolute Gasteiger partial charge is 0.481 e. The first kappa shape index (κ1) is 15.7. The molecular weight excluding hydrogens is 220 g/mol. The van der Waals surface area contributed by atoms with Gasteiger partial charge in [-0.25, -0.2) is 4.79 Å². The Hall–Kier alpha value is -1.32.